The summed E-state index contributed by atoms with van der Waals surface area (Å²) >= 11 is 1.65. The number of methoxy groups -OCH3 is 1. The van der Waals surface area contributed by atoms with Crippen molar-refractivity contribution in [3.8, 4) is 0 Å². The molecule has 0 aliphatic carbocycles. The number of thiophene rings is 1. The van der Waals surface area contributed by atoms with Gasteiger partial charge in [-0.25, -0.2) is 4.79 Å². The number of carbonyl (C=O) groups is 2. The van der Waals surface area contributed by atoms with Gasteiger partial charge in [-0.2, -0.15) is 0 Å². The van der Waals surface area contributed by atoms with E-state index in [0.717, 1.165) is 0 Å². The first-order valence-corrected chi connectivity index (χ1v) is 6.17. The summed E-state index contributed by atoms with van der Waals surface area (Å²) in [6.45, 7) is 6.50. The van der Waals surface area contributed by atoms with Crippen molar-refractivity contribution in [1.82, 2.24) is 5.32 Å². The molecule has 5 heteroatoms. The third-order valence-electron chi connectivity index (χ3n) is 2.54. The van der Waals surface area contributed by atoms with Crippen molar-refractivity contribution in [2.24, 2.45) is 0 Å². The molecule has 1 N–H and O–H groups in total. The summed E-state index contributed by atoms with van der Waals surface area (Å²) in [4.78, 5) is 23.5. The zero-order valence-corrected chi connectivity index (χ0v) is 11.3. The monoisotopic (exact) mass is 255 g/mol. The van der Waals surface area contributed by atoms with Crippen LogP contribution in [-0.2, 0) is 19.7 Å². The van der Waals surface area contributed by atoms with Crippen LogP contribution in [0.1, 0.15) is 24.3 Å². The lowest BCUT2D eigenvalue weighted by Crippen LogP contribution is -2.40. The number of carbonyl (C=O) groups excluding carboxylic acids is 2. The van der Waals surface area contributed by atoms with E-state index in [9.17, 15) is 9.59 Å². The van der Waals surface area contributed by atoms with E-state index in [1.54, 1.807) is 11.3 Å². The molecule has 0 aliphatic heterocycles. The zero-order chi connectivity index (χ0) is 13.1. The molecule has 94 valence electrons. The minimum atomic E-state index is -0.858. The van der Waals surface area contributed by atoms with Crippen LogP contribution >= 0.6 is 11.3 Å². The second kappa shape index (κ2) is 5.31. The molecule has 0 aromatic carbocycles. The first-order chi connectivity index (χ1) is 7.88. The molecular formula is C12H17NO3S. The fourth-order valence-corrected chi connectivity index (χ4v) is 2.67. The van der Waals surface area contributed by atoms with Crippen molar-refractivity contribution < 1.29 is 14.3 Å². The Morgan fingerprint density at radius 1 is 1.47 bits per heavy atom. The van der Waals surface area contributed by atoms with E-state index in [1.165, 1.54) is 17.6 Å². The fourth-order valence-electron chi connectivity index (χ4n) is 1.61. The molecule has 0 atom stereocenters. The Bertz CT molecular complexity index is 423. The van der Waals surface area contributed by atoms with Crippen LogP contribution in [0.15, 0.2) is 11.4 Å². The van der Waals surface area contributed by atoms with E-state index < -0.39 is 11.9 Å². The molecule has 0 unspecified atom stereocenters. The average molecular weight is 255 g/mol. The highest BCUT2D eigenvalue weighted by atomic mass is 32.1. The highest BCUT2D eigenvalue weighted by Gasteiger charge is 2.26. The van der Waals surface area contributed by atoms with Gasteiger partial charge in [0.2, 0.25) is 0 Å². The van der Waals surface area contributed by atoms with Crippen LogP contribution in [0.3, 0.4) is 0 Å². The third kappa shape index (κ3) is 3.30. The Labute approximate surface area is 105 Å². The topological polar surface area (TPSA) is 55.4 Å². The standard InChI is InChI=1S/C12H17NO3S/c1-8-5-6-17-9(8)12(2,3)7-13-10(14)11(15)16-4/h5-6H,7H2,1-4H3,(H,13,14). The maximum absolute atomic E-state index is 11.3. The maximum Gasteiger partial charge on any atom is 0.396 e. The largest absolute Gasteiger partial charge is 0.462 e. The fraction of sp³-hybridized carbons (Fsp3) is 0.500. The van der Waals surface area contributed by atoms with Crippen molar-refractivity contribution in [3.05, 3.63) is 21.9 Å². The van der Waals surface area contributed by atoms with Gasteiger partial charge in [0, 0.05) is 16.8 Å². The minimum Gasteiger partial charge on any atom is -0.462 e. The van der Waals surface area contributed by atoms with Crippen LogP contribution in [0.4, 0.5) is 0 Å². The number of rotatable bonds is 3. The Morgan fingerprint density at radius 3 is 2.59 bits per heavy atom. The molecule has 0 radical (unpaired) electrons. The van der Waals surface area contributed by atoms with E-state index in [0.29, 0.717) is 6.54 Å². The lowest BCUT2D eigenvalue weighted by molar-refractivity contribution is -0.152. The average Bonchev–Trinajstić information content (AvgIpc) is 2.72. The summed E-state index contributed by atoms with van der Waals surface area (Å²) in [5.74, 6) is -1.56. The van der Waals surface area contributed by atoms with Crippen LogP contribution in [0.5, 0.6) is 0 Å². The predicted molar refractivity (Wildman–Crippen MR) is 67.1 cm³/mol. The molecule has 1 aromatic rings. The van der Waals surface area contributed by atoms with E-state index in [2.05, 4.69) is 10.1 Å². The van der Waals surface area contributed by atoms with E-state index in [1.807, 2.05) is 32.2 Å². The molecule has 0 saturated carbocycles. The molecule has 1 heterocycles. The molecule has 1 rings (SSSR count). The maximum atomic E-state index is 11.3. The number of amides is 1. The van der Waals surface area contributed by atoms with Crippen molar-refractivity contribution in [3.63, 3.8) is 0 Å². The predicted octanol–water partition coefficient (Wildman–Crippen LogP) is 1.62. The molecule has 17 heavy (non-hydrogen) atoms. The molecular weight excluding hydrogens is 238 g/mol. The van der Waals surface area contributed by atoms with Crippen LogP contribution in [-0.4, -0.2) is 25.5 Å². The number of esters is 1. The summed E-state index contributed by atoms with van der Waals surface area (Å²) < 4.78 is 4.34. The van der Waals surface area contributed by atoms with E-state index in [4.69, 9.17) is 0 Å². The van der Waals surface area contributed by atoms with Crippen LogP contribution in [0.2, 0.25) is 0 Å². The van der Waals surface area contributed by atoms with Crippen LogP contribution in [0.25, 0.3) is 0 Å². The van der Waals surface area contributed by atoms with Crippen LogP contribution in [0, 0.1) is 6.92 Å². The molecule has 0 bridgehead atoms. The number of hydrogen-bond acceptors (Lipinski definition) is 4. The Morgan fingerprint density at radius 2 is 2.12 bits per heavy atom. The van der Waals surface area contributed by atoms with Gasteiger partial charge in [-0.05, 0) is 23.9 Å². The van der Waals surface area contributed by atoms with Gasteiger partial charge < -0.3 is 10.1 Å². The second-order valence-electron chi connectivity index (χ2n) is 4.49. The molecule has 1 aromatic heterocycles. The van der Waals surface area contributed by atoms with Crippen molar-refractivity contribution in [2.45, 2.75) is 26.2 Å². The highest BCUT2D eigenvalue weighted by Crippen LogP contribution is 2.30. The van der Waals surface area contributed by atoms with Gasteiger partial charge in [-0.15, -0.1) is 11.3 Å². The van der Waals surface area contributed by atoms with Crippen LogP contribution < -0.4 is 5.32 Å². The van der Waals surface area contributed by atoms with Gasteiger partial charge in [-0.1, -0.05) is 13.8 Å². The molecule has 0 aliphatic rings. The minimum absolute atomic E-state index is 0.193. The molecule has 0 fully saturated rings. The SMILES string of the molecule is COC(=O)C(=O)NCC(C)(C)c1sccc1C. The second-order valence-corrected chi connectivity index (χ2v) is 5.41. The summed E-state index contributed by atoms with van der Waals surface area (Å²) in [5.41, 5.74) is 1.01. The van der Waals surface area contributed by atoms with Crippen molar-refractivity contribution >= 4 is 23.2 Å². The first kappa shape index (κ1) is 13.7. The molecule has 1 amide bonds. The van der Waals surface area contributed by atoms with Gasteiger partial charge in [0.15, 0.2) is 0 Å². The van der Waals surface area contributed by atoms with Crippen molar-refractivity contribution in [2.75, 3.05) is 13.7 Å². The lowest BCUT2D eigenvalue weighted by Gasteiger charge is -2.24. The van der Waals surface area contributed by atoms with E-state index in [-0.39, 0.29) is 5.41 Å². The number of hydrogen-bond donors (Lipinski definition) is 1. The van der Waals surface area contributed by atoms with Gasteiger partial charge in [0.1, 0.15) is 0 Å². The van der Waals surface area contributed by atoms with Crippen molar-refractivity contribution in [1.29, 1.82) is 0 Å². The third-order valence-corrected chi connectivity index (χ3v) is 3.92. The summed E-state index contributed by atoms with van der Waals surface area (Å²) in [6.07, 6.45) is 0. The van der Waals surface area contributed by atoms with E-state index >= 15 is 0 Å². The highest BCUT2D eigenvalue weighted by molar-refractivity contribution is 7.10. The van der Waals surface area contributed by atoms with Gasteiger partial charge in [0.25, 0.3) is 0 Å². The Kier molecular flexibility index (Phi) is 4.28. The van der Waals surface area contributed by atoms with Gasteiger partial charge in [0.05, 0.1) is 7.11 Å². The Balaban J connectivity index is 2.66. The molecule has 0 spiro atoms. The summed E-state index contributed by atoms with van der Waals surface area (Å²) in [5, 5.41) is 4.60. The Hall–Kier alpha value is -1.36. The number of nitrogens with one attached hydrogen (secondary N) is 1. The molecule has 4 nitrogen and oxygen atoms in total. The van der Waals surface area contributed by atoms with Gasteiger partial charge >= 0.3 is 11.9 Å². The lowest BCUT2D eigenvalue weighted by atomic mass is 9.89. The number of ether oxygens (including phenoxy) is 1. The normalized spacial score (nSPS) is 11.1. The smallest absolute Gasteiger partial charge is 0.396 e. The van der Waals surface area contributed by atoms with Gasteiger partial charge in [-0.3, -0.25) is 4.79 Å². The quantitative estimate of drug-likeness (QED) is 0.659. The summed E-state index contributed by atoms with van der Waals surface area (Å²) in [7, 11) is 1.19. The molecule has 0 saturated heterocycles. The first-order valence-electron chi connectivity index (χ1n) is 5.29. The number of aryl methyl sites for hydroxylation is 1. The zero-order valence-electron chi connectivity index (χ0n) is 10.5. The summed E-state index contributed by atoms with van der Waals surface area (Å²) in [6, 6.07) is 2.05.